The fourth-order valence-corrected chi connectivity index (χ4v) is 7.74. The molecule has 0 radical (unpaired) electrons. The lowest BCUT2D eigenvalue weighted by atomic mass is 9.82. The third-order valence-corrected chi connectivity index (χ3v) is 10.0. The minimum Gasteiger partial charge on any atom is -0.448 e. The van der Waals surface area contributed by atoms with Gasteiger partial charge in [0.15, 0.2) is 6.39 Å². The summed E-state index contributed by atoms with van der Waals surface area (Å²) in [6.45, 7) is 1.19. The SMILES string of the molecule is COOC/C=C/c1ccc(NC(=O)C2(NC(=O)c3ccc4c(C5CCCCC5)c5n(c4c3)CCCc3ocnc3-5)CCCC2)cc1. The van der Waals surface area contributed by atoms with Gasteiger partial charge in [0.05, 0.1) is 12.8 Å². The number of hydrogen-bond acceptors (Lipinski definition) is 6. The zero-order valence-corrected chi connectivity index (χ0v) is 26.5. The second kappa shape index (κ2) is 13.3. The van der Waals surface area contributed by atoms with Gasteiger partial charge in [0.25, 0.3) is 5.91 Å². The van der Waals surface area contributed by atoms with Crippen molar-refractivity contribution >= 4 is 34.5 Å². The number of benzene rings is 2. The molecule has 2 saturated carbocycles. The van der Waals surface area contributed by atoms with E-state index in [1.165, 1.54) is 50.2 Å². The summed E-state index contributed by atoms with van der Waals surface area (Å²) in [7, 11) is 1.47. The molecule has 0 atom stereocenters. The molecule has 2 aromatic carbocycles. The highest BCUT2D eigenvalue weighted by atomic mass is 17.2. The summed E-state index contributed by atoms with van der Waals surface area (Å²) in [5, 5.41) is 7.46. The molecule has 9 heteroatoms. The molecule has 3 heterocycles. The molecule has 0 unspecified atom stereocenters. The number of amides is 2. The van der Waals surface area contributed by atoms with Crippen LogP contribution in [-0.4, -0.2) is 40.6 Å². The Bertz CT molecular complexity index is 1740. The van der Waals surface area contributed by atoms with Crippen LogP contribution in [0, 0.1) is 0 Å². The van der Waals surface area contributed by atoms with Gasteiger partial charge in [0, 0.05) is 35.1 Å². The van der Waals surface area contributed by atoms with Crippen LogP contribution < -0.4 is 10.6 Å². The fraction of sp³-hybridized carbons (Fsp3) is 0.432. The number of aryl methyl sites for hydroxylation is 2. The van der Waals surface area contributed by atoms with Crippen molar-refractivity contribution in [1.29, 1.82) is 0 Å². The van der Waals surface area contributed by atoms with Crippen molar-refractivity contribution in [1.82, 2.24) is 14.9 Å². The molecule has 1 aliphatic heterocycles. The van der Waals surface area contributed by atoms with Crippen molar-refractivity contribution in [2.24, 2.45) is 0 Å². The highest BCUT2D eigenvalue weighted by Gasteiger charge is 2.43. The van der Waals surface area contributed by atoms with Gasteiger partial charge in [-0.15, -0.1) is 0 Å². The Hall–Kier alpha value is -4.21. The third kappa shape index (κ3) is 5.89. The predicted molar refractivity (Wildman–Crippen MR) is 177 cm³/mol. The largest absolute Gasteiger partial charge is 0.448 e. The minimum atomic E-state index is -0.957. The number of aromatic nitrogens is 2. The molecule has 4 aromatic rings. The molecule has 0 spiro atoms. The summed E-state index contributed by atoms with van der Waals surface area (Å²) in [5.74, 6) is 1.03. The molecule has 2 fully saturated rings. The van der Waals surface area contributed by atoms with Gasteiger partial charge in [0.2, 0.25) is 5.91 Å². The van der Waals surface area contributed by atoms with E-state index >= 15 is 0 Å². The third-order valence-electron chi connectivity index (χ3n) is 10.0. The zero-order chi connectivity index (χ0) is 31.5. The van der Waals surface area contributed by atoms with Crippen LogP contribution in [0.15, 0.2) is 59.4 Å². The average molecular weight is 623 g/mol. The van der Waals surface area contributed by atoms with Crippen molar-refractivity contribution in [3.05, 3.63) is 77.4 Å². The number of nitrogens with one attached hydrogen (secondary N) is 2. The van der Waals surface area contributed by atoms with E-state index in [0.717, 1.165) is 60.5 Å². The van der Waals surface area contributed by atoms with E-state index in [-0.39, 0.29) is 11.8 Å². The number of hydrogen-bond donors (Lipinski definition) is 2. The average Bonchev–Trinajstić information content (AvgIpc) is 3.80. The van der Waals surface area contributed by atoms with E-state index in [2.05, 4.69) is 26.2 Å². The van der Waals surface area contributed by atoms with E-state index < -0.39 is 5.54 Å². The number of carbonyl (C=O) groups is 2. The normalized spacial score (nSPS) is 17.9. The number of fused-ring (bicyclic) bond motifs is 5. The number of oxazole rings is 1. The summed E-state index contributed by atoms with van der Waals surface area (Å²) in [6.07, 6.45) is 16.2. The maximum Gasteiger partial charge on any atom is 0.252 e. The Morgan fingerprint density at radius 1 is 1.04 bits per heavy atom. The Labute approximate surface area is 269 Å². The first kappa shape index (κ1) is 30.4. The van der Waals surface area contributed by atoms with E-state index in [0.29, 0.717) is 36.6 Å². The first-order valence-corrected chi connectivity index (χ1v) is 16.7. The second-order valence-electron chi connectivity index (χ2n) is 12.9. The van der Waals surface area contributed by atoms with Gasteiger partial charge in [-0.05, 0) is 73.4 Å². The molecule has 0 bridgehead atoms. The number of anilines is 1. The smallest absolute Gasteiger partial charge is 0.252 e. The van der Waals surface area contributed by atoms with Crippen molar-refractivity contribution in [2.75, 3.05) is 19.0 Å². The monoisotopic (exact) mass is 622 g/mol. The highest BCUT2D eigenvalue weighted by molar-refractivity contribution is 6.05. The van der Waals surface area contributed by atoms with E-state index in [1.807, 2.05) is 48.6 Å². The van der Waals surface area contributed by atoms with Gasteiger partial charge in [-0.2, -0.15) is 0 Å². The topological polar surface area (TPSA) is 108 Å². The lowest BCUT2D eigenvalue weighted by Crippen LogP contribution is -2.55. The fourth-order valence-electron chi connectivity index (χ4n) is 7.74. The van der Waals surface area contributed by atoms with E-state index in [9.17, 15) is 9.59 Å². The Morgan fingerprint density at radius 2 is 1.85 bits per heavy atom. The summed E-state index contributed by atoms with van der Waals surface area (Å²) >= 11 is 0. The molecular weight excluding hydrogens is 580 g/mol. The van der Waals surface area contributed by atoms with Crippen LogP contribution in [0.2, 0.25) is 0 Å². The molecule has 2 N–H and O–H groups in total. The van der Waals surface area contributed by atoms with Crippen molar-refractivity contribution in [3.8, 4) is 11.4 Å². The first-order chi connectivity index (χ1) is 22.6. The van der Waals surface area contributed by atoms with Crippen LogP contribution in [0.4, 0.5) is 5.69 Å². The molecule has 9 nitrogen and oxygen atoms in total. The standard InChI is InChI=1S/C37H42N4O5/c1-44-46-22-8-9-25-13-16-28(17-14-25)39-36(43)37(19-5-6-20-37)40-35(42)27-15-18-29-30(23-27)41-21-7-12-31-33(38-24-45-31)34(41)32(29)26-10-3-2-4-11-26/h8-9,13-18,23-24,26H,2-7,10-12,19-22H2,1H3,(H,39,43)(H,40,42)/b9-8+. The number of carbonyl (C=O) groups excluding carboxylic acids is 2. The van der Waals surface area contributed by atoms with Crippen LogP contribution in [-0.2, 0) is 27.5 Å². The molecule has 2 aromatic heterocycles. The maximum absolute atomic E-state index is 13.9. The Morgan fingerprint density at radius 3 is 2.63 bits per heavy atom. The molecule has 0 saturated heterocycles. The van der Waals surface area contributed by atoms with Crippen molar-refractivity contribution in [2.45, 2.75) is 88.6 Å². The predicted octanol–water partition coefficient (Wildman–Crippen LogP) is 7.56. The lowest BCUT2D eigenvalue weighted by Gasteiger charge is -2.29. The van der Waals surface area contributed by atoms with Gasteiger partial charge < -0.3 is 19.6 Å². The van der Waals surface area contributed by atoms with E-state index in [1.54, 1.807) is 6.39 Å². The van der Waals surface area contributed by atoms with Gasteiger partial charge in [0.1, 0.15) is 23.6 Å². The Balaban J connectivity index is 1.15. The maximum atomic E-state index is 13.9. The zero-order valence-electron chi connectivity index (χ0n) is 26.5. The lowest BCUT2D eigenvalue weighted by molar-refractivity contribution is -0.263. The molecule has 2 amide bonds. The summed E-state index contributed by atoms with van der Waals surface area (Å²) in [6, 6.07) is 13.7. The van der Waals surface area contributed by atoms with Crippen LogP contribution in [0.5, 0.6) is 0 Å². The van der Waals surface area contributed by atoms with Crippen molar-refractivity contribution in [3.63, 3.8) is 0 Å². The van der Waals surface area contributed by atoms with Gasteiger partial charge in [-0.25, -0.2) is 14.8 Å². The first-order valence-electron chi connectivity index (χ1n) is 16.7. The van der Waals surface area contributed by atoms with Gasteiger partial charge in [-0.3, -0.25) is 9.59 Å². The van der Waals surface area contributed by atoms with Crippen molar-refractivity contribution < 1.29 is 23.8 Å². The van der Waals surface area contributed by atoms with Crippen LogP contribution in [0.25, 0.3) is 28.4 Å². The van der Waals surface area contributed by atoms with Crippen LogP contribution >= 0.6 is 0 Å². The quantitative estimate of drug-likeness (QED) is 0.113. The summed E-state index contributed by atoms with van der Waals surface area (Å²) in [4.78, 5) is 41.9. The van der Waals surface area contributed by atoms with E-state index in [4.69, 9.17) is 14.3 Å². The molecule has 240 valence electrons. The number of rotatable bonds is 9. The molecule has 3 aliphatic rings. The van der Waals surface area contributed by atoms with Crippen LogP contribution in [0.1, 0.15) is 97.4 Å². The van der Waals surface area contributed by atoms with Gasteiger partial charge in [-0.1, -0.05) is 62.5 Å². The Kier molecular flexibility index (Phi) is 8.78. The van der Waals surface area contributed by atoms with Gasteiger partial charge >= 0.3 is 0 Å². The summed E-state index contributed by atoms with van der Waals surface area (Å²) < 4.78 is 8.20. The highest BCUT2D eigenvalue weighted by Crippen LogP contribution is 2.46. The molecule has 46 heavy (non-hydrogen) atoms. The molecular formula is C37H42N4O5. The number of nitrogens with zero attached hydrogens (tertiary/aromatic N) is 2. The second-order valence-corrected chi connectivity index (χ2v) is 12.9. The summed E-state index contributed by atoms with van der Waals surface area (Å²) in [5.41, 5.74) is 5.81. The minimum absolute atomic E-state index is 0.175. The molecule has 2 aliphatic carbocycles. The van der Waals surface area contributed by atoms with Crippen LogP contribution in [0.3, 0.4) is 0 Å². The molecule has 7 rings (SSSR count).